The molecule has 0 aliphatic heterocycles. The highest BCUT2D eigenvalue weighted by Crippen LogP contribution is 2.36. The summed E-state index contributed by atoms with van der Waals surface area (Å²) in [6, 6.07) is 11.2. The van der Waals surface area contributed by atoms with Crippen molar-refractivity contribution in [3.8, 4) is 0 Å². The predicted octanol–water partition coefficient (Wildman–Crippen LogP) is 2.09. The third-order valence-corrected chi connectivity index (χ3v) is 3.40. The zero-order valence-corrected chi connectivity index (χ0v) is 10.2. The van der Waals surface area contributed by atoms with Crippen LogP contribution < -0.4 is 5.32 Å². The van der Waals surface area contributed by atoms with Gasteiger partial charge in [-0.3, -0.25) is 4.79 Å². The molecule has 1 saturated carbocycles. The molecule has 0 amide bonds. The molecule has 1 fully saturated rings. The summed E-state index contributed by atoms with van der Waals surface area (Å²) in [5.41, 5.74) is 1.43. The summed E-state index contributed by atoms with van der Waals surface area (Å²) in [5, 5.41) is 3.38. The van der Waals surface area contributed by atoms with Gasteiger partial charge in [0, 0.05) is 12.6 Å². The number of hydrogen-bond acceptors (Lipinski definition) is 3. The van der Waals surface area contributed by atoms with Crippen molar-refractivity contribution in [3.63, 3.8) is 0 Å². The molecule has 3 nitrogen and oxygen atoms in total. The minimum atomic E-state index is -0.142. The highest BCUT2D eigenvalue weighted by molar-refractivity contribution is 5.69. The minimum Gasteiger partial charge on any atom is -0.469 e. The molecule has 2 rings (SSSR count). The molecule has 1 aliphatic carbocycles. The number of hydrogen-bond donors (Lipinski definition) is 1. The number of benzene rings is 1. The molecule has 92 valence electrons. The van der Waals surface area contributed by atoms with Gasteiger partial charge in [-0.25, -0.2) is 0 Å². The topological polar surface area (TPSA) is 38.3 Å². The summed E-state index contributed by atoms with van der Waals surface area (Å²) < 4.78 is 4.60. The van der Waals surface area contributed by atoms with E-state index in [1.165, 1.54) is 25.5 Å². The van der Waals surface area contributed by atoms with Gasteiger partial charge in [-0.15, -0.1) is 0 Å². The Labute approximate surface area is 102 Å². The van der Waals surface area contributed by atoms with Crippen LogP contribution in [0.2, 0.25) is 0 Å². The number of esters is 1. The van der Waals surface area contributed by atoms with Crippen molar-refractivity contribution in [1.82, 2.24) is 5.32 Å². The number of carbonyl (C=O) groups excluding carboxylic acids is 1. The van der Waals surface area contributed by atoms with Crippen LogP contribution >= 0.6 is 0 Å². The Morgan fingerprint density at radius 3 is 2.71 bits per heavy atom. The lowest BCUT2D eigenvalue weighted by Crippen LogP contribution is -2.40. The molecule has 0 atom stereocenters. The van der Waals surface area contributed by atoms with Crippen molar-refractivity contribution in [1.29, 1.82) is 0 Å². The average Bonchev–Trinajstić information content (AvgIpc) is 2.32. The molecule has 0 unspecified atom stereocenters. The largest absolute Gasteiger partial charge is 0.469 e. The van der Waals surface area contributed by atoms with Crippen LogP contribution in [-0.4, -0.2) is 25.7 Å². The van der Waals surface area contributed by atoms with Gasteiger partial charge < -0.3 is 10.1 Å². The Balaban J connectivity index is 1.64. The van der Waals surface area contributed by atoms with E-state index in [2.05, 4.69) is 34.3 Å². The quantitative estimate of drug-likeness (QED) is 0.791. The van der Waals surface area contributed by atoms with Crippen molar-refractivity contribution in [2.45, 2.75) is 31.2 Å². The van der Waals surface area contributed by atoms with Gasteiger partial charge in [0.05, 0.1) is 13.5 Å². The van der Waals surface area contributed by atoms with Gasteiger partial charge in [0.25, 0.3) is 0 Å². The molecule has 0 spiro atoms. The van der Waals surface area contributed by atoms with Gasteiger partial charge in [0.1, 0.15) is 0 Å². The molecule has 1 aromatic rings. The second-order valence-electron chi connectivity index (χ2n) is 4.56. The first-order chi connectivity index (χ1) is 8.29. The van der Waals surface area contributed by atoms with Crippen LogP contribution in [0.4, 0.5) is 0 Å². The lowest BCUT2D eigenvalue weighted by molar-refractivity contribution is -0.140. The molecular formula is C14H19NO2. The normalized spacial score (nSPS) is 22.9. The standard InChI is InChI=1S/C14H19NO2/c1-17-14(16)7-8-15-13-9-12(10-13)11-5-3-2-4-6-11/h2-6,12-13,15H,7-10H2,1H3. The molecule has 17 heavy (non-hydrogen) atoms. The summed E-state index contributed by atoms with van der Waals surface area (Å²) >= 11 is 0. The molecule has 1 N–H and O–H groups in total. The van der Waals surface area contributed by atoms with Crippen LogP contribution in [0.15, 0.2) is 30.3 Å². The maximum atomic E-state index is 10.9. The molecule has 0 aromatic heterocycles. The Morgan fingerprint density at radius 1 is 1.35 bits per heavy atom. The number of rotatable bonds is 5. The molecule has 0 bridgehead atoms. The lowest BCUT2D eigenvalue weighted by Gasteiger charge is -2.36. The number of nitrogens with one attached hydrogen (secondary N) is 1. The zero-order chi connectivity index (χ0) is 12.1. The fraction of sp³-hybridized carbons (Fsp3) is 0.500. The van der Waals surface area contributed by atoms with E-state index >= 15 is 0 Å². The summed E-state index contributed by atoms with van der Waals surface area (Å²) in [6.07, 6.45) is 2.80. The molecule has 0 radical (unpaired) electrons. The Kier molecular flexibility index (Phi) is 4.15. The van der Waals surface area contributed by atoms with Crippen LogP contribution in [0, 0.1) is 0 Å². The third kappa shape index (κ3) is 3.30. The van der Waals surface area contributed by atoms with Crippen molar-refractivity contribution >= 4 is 5.97 Å². The van der Waals surface area contributed by atoms with Crippen molar-refractivity contribution in [3.05, 3.63) is 35.9 Å². The number of methoxy groups -OCH3 is 1. The van der Waals surface area contributed by atoms with Crippen LogP contribution in [0.25, 0.3) is 0 Å². The molecule has 0 saturated heterocycles. The van der Waals surface area contributed by atoms with E-state index in [9.17, 15) is 4.79 Å². The maximum absolute atomic E-state index is 10.9. The van der Waals surface area contributed by atoms with Gasteiger partial charge in [-0.05, 0) is 24.3 Å². The molecular weight excluding hydrogens is 214 g/mol. The molecule has 0 heterocycles. The first-order valence-electron chi connectivity index (χ1n) is 6.14. The molecule has 1 aliphatic rings. The molecule has 1 aromatic carbocycles. The van der Waals surface area contributed by atoms with Gasteiger partial charge in [0.15, 0.2) is 0 Å². The second kappa shape index (κ2) is 5.82. The third-order valence-electron chi connectivity index (χ3n) is 3.40. The van der Waals surface area contributed by atoms with Crippen LogP contribution in [-0.2, 0) is 9.53 Å². The first kappa shape index (κ1) is 12.1. The lowest BCUT2D eigenvalue weighted by atomic mass is 9.76. The van der Waals surface area contributed by atoms with E-state index in [0.29, 0.717) is 18.4 Å². The smallest absolute Gasteiger partial charge is 0.306 e. The highest BCUT2D eigenvalue weighted by atomic mass is 16.5. The Hall–Kier alpha value is -1.35. The SMILES string of the molecule is COC(=O)CCNC1CC(c2ccccc2)C1. The zero-order valence-electron chi connectivity index (χ0n) is 10.2. The number of ether oxygens (including phenoxy) is 1. The highest BCUT2D eigenvalue weighted by Gasteiger charge is 2.29. The van der Waals surface area contributed by atoms with Crippen LogP contribution in [0.3, 0.4) is 0 Å². The summed E-state index contributed by atoms with van der Waals surface area (Å²) in [6.45, 7) is 0.721. The second-order valence-corrected chi connectivity index (χ2v) is 4.56. The summed E-state index contributed by atoms with van der Waals surface area (Å²) in [4.78, 5) is 10.9. The number of carbonyl (C=O) groups is 1. The van der Waals surface area contributed by atoms with Crippen LogP contribution in [0.5, 0.6) is 0 Å². The molecule has 3 heteroatoms. The summed E-state index contributed by atoms with van der Waals surface area (Å²) in [5.74, 6) is 0.545. The van der Waals surface area contributed by atoms with E-state index in [0.717, 1.165) is 6.54 Å². The van der Waals surface area contributed by atoms with Crippen molar-refractivity contribution in [2.24, 2.45) is 0 Å². The first-order valence-corrected chi connectivity index (χ1v) is 6.14. The van der Waals surface area contributed by atoms with Gasteiger partial charge in [-0.1, -0.05) is 30.3 Å². The monoisotopic (exact) mass is 233 g/mol. The maximum Gasteiger partial charge on any atom is 0.306 e. The van der Waals surface area contributed by atoms with Crippen molar-refractivity contribution < 1.29 is 9.53 Å². The van der Waals surface area contributed by atoms with Gasteiger partial charge >= 0.3 is 5.97 Å². The van der Waals surface area contributed by atoms with E-state index in [4.69, 9.17) is 0 Å². The van der Waals surface area contributed by atoms with E-state index < -0.39 is 0 Å². The predicted molar refractivity (Wildman–Crippen MR) is 66.8 cm³/mol. The van der Waals surface area contributed by atoms with Gasteiger partial charge in [0.2, 0.25) is 0 Å². The Bertz CT molecular complexity index is 358. The fourth-order valence-electron chi connectivity index (χ4n) is 2.26. The van der Waals surface area contributed by atoms with Gasteiger partial charge in [-0.2, -0.15) is 0 Å². The van der Waals surface area contributed by atoms with Crippen molar-refractivity contribution in [2.75, 3.05) is 13.7 Å². The van der Waals surface area contributed by atoms with E-state index in [1.54, 1.807) is 0 Å². The van der Waals surface area contributed by atoms with Crippen LogP contribution in [0.1, 0.15) is 30.7 Å². The van der Waals surface area contributed by atoms with E-state index in [1.807, 2.05) is 6.07 Å². The summed E-state index contributed by atoms with van der Waals surface area (Å²) in [7, 11) is 1.43. The fourth-order valence-corrected chi connectivity index (χ4v) is 2.26. The average molecular weight is 233 g/mol. The van der Waals surface area contributed by atoms with E-state index in [-0.39, 0.29) is 5.97 Å². The minimum absolute atomic E-state index is 0.142. The Morgan fingerprint density at radius 2 is 2.06 bits per heavy atom.